The molecule has 4 rings (SSSR count). The van der Waals surface area contributed by atoms with E-state index in [1.807, 2.05) is 25.1 Å². The van der Waals surface area contributed by atoms with Crippen LogP contribution in [0.25, 0.3) is 11.0 Å². The minimum Gasteiger partial charge on any atom is -0.475 e. The number of carbonyl (C=O) groups excluding carboxylic acids is 2. The van der Waals surface area contributed by atoms with E-state index >= 15 is 0 Å². The van der Waals surface area contributed by atoms with Gasteiger partial charge in [0, 0.05) is 19.0 Å². The number of carboxylic acid groups (broad SMARTS) is 1. The molecule has 14 heteroatoms. The zero-order chi connectivity index (χ0) is 26.8. The highest BCUT2D eigenvalue weighted by Crippen LogP contribution is 2.30. The predicted molar refractivity (Wildman–Crippen MR) is 117 cm³/mol. The Bertz CT molecular complexity index is 1280. The number of fused-ring (bicyclic) bond motifs is 1. The van der Waals surface area contributed by atoms with Crippen LogP contribution in [0.2, 0.25) is 0 Å². The topological polar surface area (TPSA) is 103 Å². The monoisotopic (exact) mass is 535 g/mol. The number of benzene rings is 1. The summed E-state index contributed by atoms with van der Waals surface area (Å²) in [6, 6.07) is 8.31. The molecule has 2 N–H and O–H groups in total. The molecule has 2 aromatic heterocycles. The molecule has 1 aliphatic rings. The number of hydrogen-bond donors (Lipinski definition) is 2. The number of Topliss-reactive ketones (excluding diaryl/α,β-unsaturated/α-hetero) is 1. The van der Waals surface area contributed by atoms with Crippen molar-refractivity contribution in [2.45, 2.75) is 38.0 Å². The van der Waals surface area contributed by atoms with Gasteiger partial charge in [0.05, 0.1) is 20.8 Å². The molecule has 0 saturated carbocycles. The molecule has 3 aromatic rings. The van der Waals surface area contributed by atoms with E-state index in [1.54, 1.807) is 4.90 Å². The van der Waals surface area contributed by atoms with Crippen molar-refractivity contribution in [2.24, 2.45) is 0 Å². The average Bonchev–Trinajstić information content (AvgIpc) is 3.44. The minimum absolute atomic E-state index is 0.0247. The van der Waals surface area contributed by atoms with Gasteiger partial charge < -0.3 is 15.0 Å². The van der Waals surface area contributed by atoms with E-state index in [-0.39, 0.29) is 16.7 Å². The Morgan fingerprint density at radius 1 is 1.06 bits per heavy atom. The Morgan fingerprint density at radius 2 is 1.69 bits per heavy atom. The van der Waals surface area contributed by atoms with Crippen LogP contribution in [0, 0.1) is 6.92 Å². The maximum absolute atomic E-state index is 12.8. The van der Waals surface area contributed by atoms with Gasteiger partial charge in [-0.3, -0.25) is 9.59 Å². The maximum Gasteiger partial charge on any atom is 0.490 e. The molecular formula is C22H19F6N3O4S. The van der Waals surface area contributed by atoms with E-state index in [4.69, 9.17) is 9.90 Å². The van der Waals surface area contributed by atoms with E-state index in [0.717, 1.165) is 41.3 Å². The molecule has 1 aromatic carbocycles. The number of piperidine rings is 1. The van der Waals surface area contributed by atoms with Crippen molar-refractivity contribution < 1.29 is 45.8 Å². The van der Waals surface area contributed by atoms with Crippen LogP contribution in [-0.2, 0) is 4.79 Å². The number of ketones is 1. The number of imidazole rings is 1. The number of likely N-dealkylation sites (tertiary alicyclic amines) is 1. The number of aryl methyl sites for hydroxylation is 1. The van der Waals surface area contributed by atoms with Gasteiger partial charge >= 0.3 is 18.3 Å². The van der Waals surface area contributed by atoms with Crippen LogP contribution in [0.5, 0.6) is 0 Å². The number of amides is 1. The van der Waals surface area contributed by atoms with Crippen molar-refractivity contribution in [3.63, 3.8) is 0 Å². The lowest BCUT2D eigenvalue weighted by atomic mass is 9.97. The summed E-state index contributed by atoms with van der Waals surface area (Å²) in [5.41, 5.74) is 2.93. The summed E-state index contributed by atoms with van der Waals surface area (Å²) in [5, 5.41) is 7.12. The Balaban J connectivity index is 0.000000454. The molecule has 0 radical (unpaired) electrons. The molecule has 0 aliphatic carbocycles. The minimum atomic E-state index is -5.08. The van der Waals surface area contributed by atoms with Crippen molar-refractivity contribution >= 4 is 40.0 Å². The molecule has 194 valence electrons. The second-order valence-electron chi connectivity index (χ2n) is 8.03. The van der Waals surface area contributed by atoms with Crippen molar-refractivity contribution in [1.82, 2.24) is 14.9 Å². The van der Waals surface area contributed by atoms with Crippen LogP contribution < -0.4 is 0 Å². The average molecular weight is 535 g/mol. The number of aliphatic carboxylic acids is 1. The smallest absolute Gasteiger partial charge is 0.475 e. The van der Waals surface area contributed by atoms with E-state index in [1.165, 1.54) is 6.07 Å². The summed E-state index contributed by atoms with van der Waals surface area (Å²) in [4.78, 5) is 42.3. The molecule has 1 fully saturated rings. The van der Waals surface area contributed by atoms with Crippen LogP contribution in [-0.4, -0.2) is 63.1 Å². The van der Waals surface area contributed by atoms with Gasteiger partial charge in [-0.1, -0.05) is 6.07 Å². The number of thiophene rings is 1. The Morgan fingerprint density at radius 3 is 2.31 bits per heavy atom. The van der Waals surface area contributed by atoms with Gasteiger partial charge in [-0.05, 0) is 49.6 Å². The van der Waals surface area contributed by atoms with Gasteiger partial charge in [0.15, 0.2) is 0 Å². The van der Waals surface area contributed by atoms with Crippen molar-refractivity contribution in [1.29, 1.82) is 0 Å². The normalized spacial score (nSPS) is 16.4. The summed E-state index contributed by atoms with van der Waals surface area (Å²) in [6.07, 6.45) is -8.39. The predicted octanol–water partition coefficient (Wildman–Crippen LogP) is 5.33. The Kier molecular flexibility index (Phi) is 7.76. The van der Waals surface area contributed by atoms with Crippen molar-refractivity contribution in [3.05, 3.63) is 51.5 Å². The number of aromatic nitrogens is 2. The third-order valence-corrected chi connectivity index (χ3v) is 6.36. The van der Waals surface area contributed by atoms with Crippen LogP contribution in [0.1, 0.15) is 49.5 Å². The second kappa shape index (κ2) is 10.3. The lowest BCUT2D eigenvalue weighted by Crippen LogP contribution is -2.39. The molecule has 1 saturated heterocycles. The quantitative estimate of drug-likeness (QED) is 0.349. The zero-order valence-electron chi connectivity index (χ0n) is 18.5. The molecule has 1 unspecified atom stereocenters. The van der Waals surface area contributed by atoms with Gasteiger partial charge in [0.2, 0.25) is 0 Å². The number of hydrogen-bond acceptors (Lipinski definition) is 5. The van der Waals surface area contributed by atoms with E-state index < -0.39 is 29.0 Å². The fraction of sp³-hybridized carbons (Fsp3) is 0.364. The number of aromatic amines is 1. The maximum atomic E-state index is 12.8. The van der Waals surface area contributed by atoms with E-state index in [9.17, 15) is 35.9 Å². The van der Waals surface area contributed by atoms with Gasteiger partial charge in [-0.2, -0.15) is 26.3 Å². The summed E-state index contributed by atoms with van der Waals surface area (Å²) < 4.78 is 69.5. The first-order chi connectivity index (χ1) is 16.7. The fourth-order valence-corrected chi connectivity index (χ4v) is 4.53. The summed E-state index contributed by atoms with van der Waals surface area (Å²) in [5.74, 6) is -4.20. The van der Waals surface area contributed by atoms with Gasteiger partial charge in [-0.25, -0.2) is 9.78 Å². The number of carbonyl (C=O) groups is 3. The first kappa shape index (κ1) is 27.2. The number of nitrogens with zero attached hydrogens (tertiary/aromatic N) is 2. The molecule has 3 heterocycles. The van der Waals surface area contributed by atoms with Gasteiger partial charge in [0.25, 0.3) is 11.7 Å². The third kappa shape index (κ3) is 6.42. The highest BCUT2D eigenvalue weighted by Gasteiger charge is 2.40. The molecular weight excluding hydrogens is 516 g/mol. The fourth-order valence-electron chi connectivity index (χ4n) is 3.59. The Hall–Kier alpha value is -3.42. The molecule has 0 spiro atoms. The number of carboxylic acids is 1. The van der Waals surface area contributed by atoms with E-state index in [0.29, 0.717) is 24.4 Å². The molecule has 36 heavy (non-hydrogen) atoms. The first-order valence-electron chi connectivity index (χ1n) is 10.4. The Labute approximate surface area is 203 Å². The van der Waals surface area contributed by atoms with Crippen LogP contribution >= 0.6 is 11.3 Å². The molecule has 1 aliphatic heterocycles. The first-order valence-corrected chi connectivity index (χ1v) is 11.3. The number of H-pyrrole nitrogens is 1. The van der Waals surface area contributed by atoms with Crippen LogP contribution in [0.15, 0.2) is 30.3 Å². The van der Waals surface area contributed by atoms with Crippen molar-refractivity contribution in [3.8, 4) is 0 Å². The summed E-state index contributed by atoms with van der Waals surface area (Å²) in [6.45, 7) is 2.95. The molecule has 1 atom stereocenters. The lowest BCUT2D eigenvalue weighted by Gasteiger charge is -2.31. The summed E-state index contributed by atoms with van der Waals surface area (Å²) in [7, 11) is 0. The molecule has 1 amide bonds. The number of alkyl halides is 6. The highest BCUT2D eigenvalue weighted by atomic mass is 32.1. The standard InChI is InChI=1S/C20H18F3N3O2S.C2HF3O2/c1-11-4-5-13-14(9-11)25-18(24-13)12-3-2-8-26(10-12)19(28)16-7-6-15(29-16)17(27)20(21,22)23;3-2(4,5)1(6)7/h4-7,9,12H,2-3,8,10H2,1H3,(H,24,25);(H,6,7). The zero-order valence-corrected chi connectivity index (χ0v) is 19.4. The highest BCUT2D eigenvalue weighted by molar-refractivity contribution is 7.16. The number of nitrogens with one attached hydrogen (secondary N) is 1. The van der Waals surface area contributed by atoms with Gasteiger partial charge in [0.1, 0.15) is 5.82 Å². The van der Waals surface area contributed by atoms with Gasteiger partial charge in [-0.15, -0.1) is 11.3 Å². The van der Waals surface area contributed by atoms with Crippen LogP contribution in [0.4, 0.5) is 26.3 Å². The van der Waals surface area contributed by atoms with Crippen molar-refractivity contribution in [2.75, 3.05) is 13.1 Å². The number of rotatable bonds is 3. The van der Waals surface area contributed by atoms with Crippen LogP contribution in [0.3, 0.4) is 0 Å². The SMILES string of the molecule is Cc1ccc2nc(C3CCCN(C(=O)c4ccc(C(=O)C(F)(F)F)s4)C3)[nH]c2c1.O=C(O)C(F)(F)F. The number of halogens is 6. The lowest BCUT2D eigenvalue weighted by molar-refractivity contribution is -0.192. The second-order valence-corrected chi connectivity index (χ2v) is 9.11. The third-order valence-electron chi connectivity index (χ3n) is 5.29. The van der Waals surface area contributed by atoms with E-state index in [2.05, 4.69) is 9.97 Å². The summed E-state index contributed by atoms with van der Waals surface area (Å²) >= 11 is 0.588. The largest absolute Gasteiger partial charge is 0.490 e. The molecule has 0 bridgehead atoms. The molecule has 7 nitrogen and oxygen atoms in total.